The maximum atomic E-state index is 12.2. The molecule has 96 valence electrons. The van der Waals surface area contributed by atoms with Gasteiger partial charge in [0, 0.05) is 11.4 Å². The first-order valence-corrected chi connectivity index (χ1v) is 7.16. The smallest absolute Gasteiger partial charge is 0.276 e. The number of amides is 1. The second-order valence-electron chi connectivity index (χ2n) is 4.77. The Balaban J connectivity index is 2.23. The van der Waals surface area contributed by atoms with E-state index >= 15 is 0 Å². The topological polar surface area (TPSA) is 32.3 Å². The SMILES string of the molecule is Cc1ccsc1/C=C1/NC(=S)N(CC(C)C)C1=O. The molecule has 5 heteroatoms. The molecule has 1 aliphatic rings. The summed E-state index contributed by atoms with van der Waals surface area (Å²) in [5, 5.41) is 5.53. The van der Waals surface area contributed by atoms with Crippen molar-refractivity contribution in [3.05, 3.63) is 27.6 Å². The second kappa shape index (κ2) is 5.20. The lowest BCUT2D eigenvalue weighted by molar-refractivity contribution is -0.122. The van der Waals surface area contributed by atoms with Gasteiger partial charge in [0.25, 0.3) is 5.91 Å². The van der Waals surface area contributed by atoms with E-state index in [1.165, 1.54) is 5.56 Å². The van der Waals surface area contributed by atoms with Crippen molar-refractivity contribution in [2.75, 3.05) is 6.54 Å². The van der Waals surface area contributed by atoms with Crippen molar-refractivity contribution in [2.24, 2.45) is 5.92 Å². The largest absolute Gasteiger partial charge is 0.328 e. The Bertz CT molecular complexity index is 517. The molecule has 3 nitrogen and oxygen atoms in total. The molecule has 0 unspecified atom stereocenters. The minimum absolute atomic E-state index is 0.0264. The molecule has 18 heavy (non-hydrogen) atoms. The van der Waals surface area contributed by atoms with Crippen LogP contribution in [0.4, 0.5) is 0 Å². The van der Waals surface area contributed by atoms with E-state index in [9.17, 15) is 4.79 Å². The van der Waals surface area contributed by atoms with Crippen LogP contribution in [0.1, 0.15) is 24.3 Å². The highest BCUT2D eigenvalue weighted by Crippen LogP contribution is 2.21. The van der Waals surface area contributed by atoms with Crippen molar-refractivity contribution in [1.29, 1.82) is 0 Å². The maximum absolute atomic E-state index is 12.2. The number of thiocarbonyl (C=S) groups is 1. The molecular weight excluding hydrogens is 264 g/mol. The number of nitrogens with zero attached hydrogens (tertiary/aromatic N) is 1. The molecule has 0 saturated carbocycles. The molecule has 0 atom stereocenters. The summed E-state index contributed by atoms with van der Waals surface area (Å²) in [5.41, 5.74) is 1.75. The number of carbonyl (C=O) groups is 1. The highest BCUT2D eigenvalue weighted by atomic mass is 32.1. The van der Waals surface area contributed by atoms with Crippen LogP contribution in [-0.2, 0) is 4.79 Å². The van der Waals surface area contributed by atoms with Gasteiger partial charge in [-0.25, -0.2) is 0 Å². The van der Waals surface area contributed by atoms with Crippen LogP contribution in [0.5, 0.6) is 0 Å². The normalized spacial score (nSPS) is 18.0. The molecule has 0 spiro atoms. The zero-order valence-corrected chi connectivity index (χ0v) is 12.3. The maximum Gasteiger partial charge on any atom is 0.276 e. The van der Waals surface area contributed by atoms with Crippen LogP contribution in [0, 0.1) is 12.8 Å². The summed E-state index contributed by atoms with van der Waals surface area (Å²) >= 11 is 6.82. The van der Waals surface area contributed by atoms with E-state index in [4.69, 9.17) is 12.2 Å². The molecule has 1 fully saturated rings. The Morgan fingerprint density at radius 1 is 1.56 bits per heavy atom. The number of nitrogens with one attached hydrogen (secondary N) is 1. The monoisotopic (exact) mass is 280 g/mol. The predicted octanol–water partition coefficient (Wildman–Crippen LogP) is 2.77. The number of hydrogen-bond donors (Lipinski definition) is 1. The van der Waals surface area contributed by atoms with Gasteiger partial charge in [-0.05, 0) is 48.1 Å². The van der Waals surface area contributed by atoms with Crippen molar-refractivity contribution in [3.63, 3.8) is 0 Å². The van der Waals surface area contributed by atoms with Gasteiger partial charge in [-0.1, -0.05) is 13.8 Å². The highest BCUT2D eigenvalue weighted by Gasteiger charge is 2.30. The quantitative estimate of drug-likeness (QED) is 0.682. The van der Waals surface area contributed by atoms with E-state index in [2.05, 4.69) is 19.2 Å². The minimum atomic E-state index is -0.0264. The summed E-state index contributed by atoms with van der Waals surface area (Å²) in [6, 6.07) is 2.04. The molecule has 2 heterocycles. The van der Waals surface area contributed by atoms with Crippen LogP contribution in [0.2, 0.25) is 0 Å². The van der Waals surface area contributed by atoms with Gasteiger partial charge < -0.3 is 5.32 Å². The summed E-state index contributed by atoms with van der Waals surface area (Å²) in [6.45, 7) is 6.83. The molecule has 0 aliphatic carbocycles. The third-order valence-electron chi connectivity index (χ3n) is 2.69. The fraction of sp³-hybridized carbons (Fsp3) is 0.385. The number of aryl methyl sites for hydroxylation is 1. The third-order valence-corrected chi connectivity index (χ3v) is 3.98. The first-order chi connectivity index (χ1) is 8.49. The van der Waals surface area contributed by atoms with Gasteiger partial charge in [-0.3, -0.25) is 9.69 Å². The molecule has 1 aliphatic heterocycles. The Morgan fingerprint density at radius 3 is 2.83 bits per heavy atom. The summed E-state index contributed by atoms with van der Waals surface area (Å²) < 4.78 is 0. The Labute approximate surface area is 116 Å². The Hall–Kier alpha value is -1.20. The first kappa shape index (κ1) is 13.2. The molecule has 2 rings (SSSR count). The summed E-state index contributed by atoms with van der Waals surface area (Å²) in [4.78, 5) is 14.9. The predicted molar refractivity (Wildman–Crippen MR) is 79.3 cm³/mol. The van der Waals surface area contributed by atoms with E-state index in [-0.39, 0.29) is 5.91 Å². The first-order valence-electron chi connectivity index (χ1n) is 5.87. The van der Waals surface area contributed by atoms with E-state index < -0.39 is 0 Å². The molecule has 1 aromatic rings. The standard InChI is InChI=1S/C13H16N2OS2/c1-8(2)7-15-12(16)10(14-13(15)17)6-11-9(3)4-5-18-11/h4-6,8H,7H2,1-3H3,(H,14,17)/b10-6+. The van der Waals surface area contributed by atoms with E-state index in [0.717, 1.165) is 4.88 Å². The lowest BCUT2D eigenvalue weighted by Gasteiger charge is -2.15. The van der Waals surface area contributed by atoms with Crippen LogP contribution in [0.3, 0.4) is 0 Å². The summed E-state index contributed by atoms with van der Waals surface area (Å²) in [7, 11) is 0. The number of hydrogen-bond acceptors (Lipinski definition) is 3. The van der Waals surface area contributed by atoms with Crippen LogP contribution >= 0.6 is 23.6 Å². The van der Waals surface area contributed by atoms with Gasteiger partial charge in [0.05, 0.1) is 0 Å². The third kappa shape index (κ3) is 2.62. The molecule has 1 amide bonds. The summed E-state index contributed by atoms with van der Waals surface area (Å²) in [5.74, 6) is 0.373. The van der Waals surface area contributed by atoms with Crippen LogP contribution in [-0.4, -0.2) is 22.5 Å². The van der Waals surface area contributed by atoms with Gasteiger partial charge in [-0.15, -0.1) is 11.3 Å². The highest BCUT2D eigenvalue weighted by molar-refractivity contribution is 7.80. The molecule has 1 aromatic heterocycles. The van der Waals surface area contributed by atoms with Gasteiger partial charge in [0.1, 0.15) is 5.70 Å². The average molecular weight is 280 g/mol. The Morgan fingerprint density at radius 2 is 2.28 bits per heavy atom. The molecule has 1 N–H and O–H groups in total. The number of rotatable bonds is 3. The lowest BCUT2D eigenvalue weighted by atomic mass is 10.2. The molecule has 0 radical (unpaired) electrons. The molecule has 0 bridgehead atoms. The zero-order chi connectivity index (χ0) is 13.3. The van der Waals surface area contributed by atoms with Gasteiger partial charge in [0.2, 0.25) is 0 Å². The van der Waals surface area contributed by atoms with Crippen LogP contribution in [0.15, 0.2) is 17.1 Å². The van der Waals surface area contributed by atoms with E-state index in [1.807, 2.05) is 24.4 Å². The zero-order valence-electron chi connectivity index (χ0n) is 10.7. The summed E-state index contributed by atoms with van der Waals surface area (Å²) in [6.07, 6.45) is 1.88. The second-order valence-corrected chi connectivity index (χ2v) is 6.10. The molecular formula is C13H16N2OS2. The number of carbonyl (C=O) groups excluding carboxylic acids is 1. The van der Waals surface area contributed by atoms with Crippen molar-refractivity contribution < 1.29 is 4.79 Å². The van der Waals surface area contributed by atoms with Crippen LogP contribution < -0.4 is 5.32 Å². The Kier molecular flexibility index (Phi) is 3.82. The van der Waals surface area contributed by atoms with Gasteiger partial charge in [-0.2, -0.15) is 0 Å². The van der Waals surface area contributed by atoms with Crippen LogP contribution in [0.25, 0.3) is 6.08 Å². The molecule has 1 saturated heterocycles. The minimum Gasteiger partial charge on any atom is -0.328 e. The fourth-order valence-corrected chi connectivity index (χ4v) is 2.89. The van der Waals surface area contributed by atoms with E-state index in [1.54, 1.807) is 16.2 Å². The fourth-order valence-electron chi connectivity index (χ4n) is 1.77. The average Bonchev–Trinajstić information content (AvgIpc) is 2.79. The van der Waals surface area contributed by atoms with Gasteiger partial charge in [0.15, 0.2) is 5.11 Å². The van der Waals surface area contributed by atoms with Crippen molar-refractivity contribution in [1.82, 2.24) is 10.2 Å². The van der Waals surface area contributed by atoms with Crippen molar-refractivity contribution in [2.45, 2.75) is 20.8 Å². The lowest BCUT2D eigenvalue weighted by Crippen LogP contribution is -2.33. The van der Waals surface area contributed by atoms with Crippen molar-refractivity contribution in [3.8, 4) is 0 Å². The van der Waals surface area contributed by atoms with E-state index in [0.29, 0.717) is 23.3 Å². The molecule has 0 aromatic carbocycles. The van der Waals surface area contributed by atoms with Crippen molar-refractivity contribution >= 4 is 40.7 Å². The number of thiophene rings is 1. The van der Waals surface area contributed by atoms with Gasteiger partial charge >= 0.3 is 0 Å².